The van der Waals surface area contributed by atoms with E-state index >= 15 is 0 Å². The van der Waals surface area contributed by atoms with Crippen molar-refractivity contribution in [1.82, 2.24) is 4.90 Å². The minimum Gasteiger partial charge on any atom is -0.395 e. The van der Waals surface area contributed by atoms with Crippen molar-refractivity contribution in [1.29, 1.82) is 0 Å². The monoisotopic (exact) mass is 264 g/mol. The van der Waals surface area contributed by atoms with E-state index in [-0.39, 0.29) is 12.5 Å². The molecular formula is C15H24N2O2. The van der Waals surface area contributed by atoms with Crippen molar-refractivity contribution in [2.24, 2.45) is 0 Å². The van der Waals surface area contributed by atoms with Crippen molar-refractivity contribution < 1.29 is 9.90 Å². The number of aliphatic hydroxyl groups is 1. The van der Waals surface area contributed by atoms with Crippen molar-refractivity contribution in [3.63, 3.8) is 0 Å². The van der Waals surface area contributed by atoms with E-state index in [1.54, 1.807) is 4.90 Å². The fourth-order valence-electron chi connectivity index (χ4n) is 2.01. The average molecular weight is 264 g/mol. The first-order valence-electron chi connectivity index (χ1n) is 6.82. The smallest absolute Gasteiger partial charge is 0.256 e. The van der Waals surface area contributed by atoms with E-state index in [2.05, 4.69) is 12.2 Å². The molecule has 2 N–H and O–H groups in total. The molecule has 0 aliphatic carbocycles. The van der Waals surface area contributed by atoms with E-state index in [4.69, 9.17) is 5.11 Å². The molecule has 0 saturated carbocycles. The van der Waals surface area contributed by atoms with Gasteiger partial charge in [0.05, 0.1) is 12.2 Å². The van der Waals surface area contributed by atoms with Gasteiger partial charge in [0.1, 0.15) is 0 Å². The standard InChI is InChI=1S/C15H24N2O2/c1-4-5-8-17(9-10-18)15(19)13-11-12(2)6-7-14(13)16-3/h6-7,11,16,18H,4-5,8-10H2,1-3H3. The van der Waals surface area contributed by atoms with E-state index < -0.39 is 0 Å². The van der Waals surface area contributed by atoms with Gasteiger partial charge in [0.15, 0.2) is 0 Å². The number of aryl methyl sites for hydroxylation is 1. The number of amides is 1. The topological polar surface area (TPSA) is 52.6 Å². The molecule has 1 rings (SSSR count). The minimum atomic E-state index is -0.0180. The van der Waals surface area contributed by atoms with E-state index in [1.165, 1.54) is 0 Å². The molecule has 0 radical (unpaired) electrons. The molecule has 19 heavy (non-hydrogen) atoms. The lowest BCUT2D eigenvalue weighted by Gasteiger charge is -2.23. The SMILES string of the molecule is CCCCN(CCO)C(=O)c1cc(C)ccc1NC. The van der Waals surface area contributed by atoms with E-state index in [9.17, 15) is 4.79 Å². The predicted octanol–water partition coefficient (Wildman–Crippen LogP) is 2.27. The number of carbonyl (C=O) groups excluding carboxylic acids is 1. The molecule has 106 valence electrons. The first-order valence-corrected chi connectivity index (χ1v) is 6.82. The van der Waals surface area contributed by atoms with E-state index in [1.807, 2.05) is 32.2 Å². The Kier molecular flexibility index (Phi) is 6.36. The number of rotatable bonds is 7. The summed E-state index contributed by atoms with van der Waals surface area (Å²) in [4.78, 5) is 14.3. The number of benzene rings is 1. The van der Waals surface area contributed by atoms with Gasteiger partial charge in [-0.1, -0.05) is 25.0 Å². The summed E-state index contributed by atoms with van der Waals surface area (Å²) in [5, 5.41) is 12.2. The number of aliphatic hydroxyl groups excluding tert-OH is 1. The van der Waals surface area contributed by atoms with Crippen LogP contribution in [0, 0.1) is 6.92 Å². The summed E-state index contributed by atoms with van der Waals surface area (Å²) in [5.41, 5.74) is 2.56. The van der Waals surface area contributed by atoms with Crippen LogP contribution in [-0.4, -0.2) is 42.7 Å². The summed E-state index contributed by atoms with van der Waals surface area (Å²) >= 11 is 0. The van der Waals surface area contributed by atoms with Crippen LogP contribution in [0.2, 0.25) is 0 Å². The van der Waals surface area contributed by atoms with Crippen LogP contribution in [0.1, 0.15) is 35.7 Å². The normalized spacial score (nSPS) is 10.3. The summed E-state index contributed by atoms with van der Waals surface area (Å²) in [6, 6.07) is 5.79. The zero-order valence-corrected chi connectivity index (χ0v) is 12.1. The quantitative estimate of drug-likeness (QED) is 0.794. The Morgan fingerprint density at radius 3 is 2.68 bits per heavy atom. The van der Waals surface area contributed by atoms with Crippen LogP contribution in [0.4, 0.5) is 5.69 Å². The van der Waals surface area contributed by atoms with E-state index in [0.29, 0.717) is 18.7 Å². The Hall–Kier alpha value is -1.55. The zero-order chi connectivity index (χ0) is 14.3. The predicted molar refractivity (Wildman–Crippen MR) is 78.6 cm³/mol. The van der Waals surface area contributed by atoms with Crippen LogP contribution in [-0.2, 0) is 0 Å². The summed E-state index contributed by atoms with van der Waals surface area (Å²) in [6.45, 7) is 5.13. The van der Waals surface area contributed by atoms with Crippen molar-refractivity contribution in [3.8, 4) is 0 Å². The number of nitrogens with one attached hydrogen (secondary N) is 1. The second kappa shape index (κ2) is 7.79. The van der Waals surface area contributed by atoms with Gasteiger partial charge in [-0.15, -0.1) is 0 Å². The highest BCUT2D eigenvalue weighted by Gasteiger charge is 2.18. The molecule has 0 atom stereocenters. The molecule has 0 aliphatic rings. The lowest BCUT2D eigenvalue weighted by atomic mass is 10.1. The second-order valence-corrected chi connectivity index (χ2v) is 4.67. The van der Waals surface area contributed by atoms with Crippen molar-refractivity contribution in [2.45, 2.75) is 26.7 Å². The van der Waals surface area contributed by atoms with Crippen LogP contribution in [0.25, 0.3) is 0 Å². The Bertz CT molecular complexity index is 419. The largest absolute Gasteiger partial charge is 0.395 e. The van der Waals surface area contributed by atoms with Gasteiger partial charge in [-0.2, -0.15) is 0 Å². The van der Waals surface area contributed by atoms with Gasteiger partial charge in [0.2, 0.25) is 0 Å². The molecule has 1 aromatic carbocycles. The molecular weight excluding hydrogens is 240 g/mol. The average Bonchev–Trinajstić information content (AvgIpc) is 2.42. The van der Waals surface area contributed by atoms with Gasteiger partial charge in [-0.25, -0.2) is 0 Å². The van der Waals surface area contributed by atoms with Crippen LogP contribution in [0.3, 0.4) is 0 Å². The molecule has 0 spiro atoms. The van der Waals surface area contributed by atoms with Gasteiger partial charge in [-0.05, 0) is 25.5 Å². The highest BCUT2D eigenvalue weighted by atomic mass is 16.3. The van der Waals surface area contributed by atoms with Crippen molar-refractivity contribution in [2.75, 3.05) is 32.1 Å². The summed E-state index contributed by atoms with van der Waals surface area (Å²) in [5.74, 6) is -0.0180. The molecule has 0 aliphatic heterocycles. The zero-order valence-electron chi connectivity index (χ0n) is 12.1. The first kappa shape index (κ1) is 15.5. The van der Waals surface area contributed by atoms with Crippen LogP contribution in [0.5, 0.6) is 0 Å². The summed E-state index contributed by atoms with van der Waals surface area (Å²) in [6.07, 6.45) is 1.98. The molecule has 0 heterocycles. The van der Waals surface area contributed by atoms with Gasteiger partial charge in [0.25, 0.3) is 5.91 Å². The Labute approximate surface area is 115 Å². The second-order valence-electron chi connectivity index (χ2n) is 4.67. The van der Waals surface area contributed by atoms with Gasteiger partial charge < -0.3 is 15.3 Å². The molecule has 0 aromatic heterocycles. The number of hydrogen-bond acceptors (Lipinski definition) is 3. The molecule has 4 heteroatoms. The molecule has 1 amide bonds. The fourth-order valence-corrected chi connectivity index (χ4v) is 2.01. The number of carbonyl (C=O) groups is 1. The minimum absolute atomic E-state index is 0.00381. The van der Waals surface area contributed by atoms with E-state index in [0.717, 1.165) is 24.1 Å². The summed E-state index contributed by atoms with van der Waals surface area (Å²) in [7, 11) is 1.81. The maximum Gasteiger partial charge on any atom is 0.256 e. The third-order valence-corrected chi connectivity index (χ3v) is 3.11. The molecule has 4 nitrogen and oxygen atoms in total. The highest BCUT2D eigenvalue weighted by Crippen LogP contribution is 2.19. The maximum atomic E-state index is 12.5. The fraction of sp³-hybridized carbons (Fsp3) is 0.533. The lowest BCUT2D eigenvalue weighted by molar-refractivity contribution is 0.0720. The number of unbranched alkanes of at least 4 members (excludes halogenated alkanes) is 1. The van der Waals surface area contributed by atoms with Gasteiger partial charge in [0, 0.05) is 25.8 Å². The maximum absolute atomic E-state index is 12.5. The van der Waals surface area contributed by atoms with Crippen molar-refractivity contribution >= 4 is 11.6 Å². The third-order valence-electron chi connectivity index (χ3n) is 3.11. The lowest BCUT2D eigenvalue weighted by Crippen LogP contribution is -2.34. The number of hydrogen-bond donors (Lipinski definition) is 2. The Balaban J connectivity index is 2.97. The Morgan fingerprint density at radius 2 is 2.11 bits per heavy atom. The molecule has 0 saturated heterocycles. The van der Waals surface area contributed by atoms with Crippen LogP contribution in [0.15, 0.2) is 18.2 Å². The van der Waals surface area contributed by atoms with Gasteiger partial charge >= 0.3 is 0 Å². The Morgan fingerprint density at radius 1 is 1.37 bits per heavy atom. The van der Waals surface area contributed by atoms with Crippen LogP contribution >= 0.6 is 0 Å². The van der Waals surface area contributed by atoms with Crippen molar-refractivity contribution in [3.05, 3.63) is 29.3 Å². The summed E-state index contributed by atoms with van der Waals surface area (Å²) < 4.78 is 0. The first-order chi connectivity index (χ1) is 9.13. The number of anilines is 1. The highest BCUT2D eigenvalue weighted by molar-refractivity contribution is 5.99. The van der Waals surface area contributed by atoms with Gasteiger partial charge in [-0.3, -0.25) is 4.79 Å². The molecule has 0 unspecified atom stereocenters. The number of nitrogens with zero attached hydrogens (tertiary/aromatic N) is 1. The third kappa shape index (κ3) is 4.24. The van der Waals surface area contributed by atoms with Crippen LogP contribution < -0.4 is 5.32 Å². The molecule has 0 bridgehead atoms. The molecule has 0 fully saturated rings. The molecule has 1 aromatic rings.